The molecule has 0 unspecified atom stereocenters. The molecule has 1 aromatic carbocycles. The van der Waals surface area contributed by atoms with Crippen LogP contribution >= 0.6 is 0 Å². The molecular weight excluding hydrogens is 247 g/mol. The lowest BCUT2D eigenvalue weighted by Crippen LogP contribution is -1.78. The summed E-state index contributed by atoms with van der Waals surface area (Å²) in [5.41, 5.74) is 1.75. The smallest absolute Gasteiger partial charge is 0.123 e. The van der Waals surface area contributed by atoms with E-state index in [1.807, 2.05) is 40.7 Å². The van der Waals surface area contributed by atoms with E-state index < -0.39 is 0 Å². The minimum atomic E-state index is -0.208. The van der Waals surface area contributed by atoms with E-state index in [0.717, 1.165) is 11.1 Å². The van der Waals surface area contributed by atoms with E-state index >= 15 is 0 Å². The average Bonchev–Trinajstić information content (AvgIpc) is 2.42. The third-order valence-corrected chi connectivity index (χ3v) is 2.31. The molecule has 1 rings (SSSR count). The van der Waals surface area contributed by atoms with Crippen molar-refractivity contribution < 1.29 is 4.39 Å². The fourth-order valence-electron chi connectivity index (χ4n) is 1.43. The average molecular weight is 276 g/mol. The molecule has 0 N–H and O–H groups in total. The van der Waals surface area contributed by atoms with Crippen LogP contribution in [-0.4, -0.2) is 0 Å². The first kappa shape index (κ1) is 20.7. The highest BCUT2D eigenvalue weighted by Crippen LogP contribution is 2.11. The van der Waals surface area contributed by atoms with Gasteiger partial charge in [0.25, 0.3) is 0 Å². The third kappa shape index (κ3) is 11.5. The summed E-state index contributed by atoms with van der Waals surface area (Å²) in [6.07, 6.45) is 8.48. The maximum Gasteiger partial charge on any atom is 0.123 e. The number of benzene rings is 1. The zero-order chi connectivity index (χ0) is 16.0. The van der Waals surface area contributed by atoms with Crippen molar-refractivity contribution in [2.24, 2.45) is 5.92 Å². The standard InChI is InChI=1S/C9H9F.C8H14.C2H6/c1-7(2)8-4-3-5-9(10)6-8;1-4-6-8(3)7-5-2;1-2/h3-6H,1H2,2H3;4-8H,1-3H3;1-2H3/b;6-4-,7-5-;. The first-order valence-corrected chi connectivity index (χ1v) is 7.18. The van der Waals surface area contributed by atoms with Crippen LogP contribution in [0.15, 0.2) is 55.1 Å². The topological polar surface area (TPSA) is 0 Å². The van der Waals surface area contributed by atoms with Crippen LogP contribution in [0.25, 0.3) is 5.57 Å². The predicted octanol–water partition coefficient (Wildman–Crippen LogP) is 6.66. The number of allylic oxidation sites excluding steroid dienone is 5. The molecule has 0 nitrogen and oxygen atoms in total. The molecule has 0 radical (unpaired) electrons. The Labute approximate surface area is 124 Å². The van der Waals surface area contributed by atoms with E-state index in [2.05, 4.69) is 37.8 Å². The highest BCUT2D eigenvalue weighted by Gasteiger charge is 1.92. The first-order chi connectivity index (χ1) is 9.51. The maximum atomic E-state index is 12.5. The summed E-state index contributed by atoms with van der Waals surface area (Å²) in [6, 6.07) is 6.42. The second kappa shape index (κ2) is 13.8. The van der Waals surface area contributed by atoms with Gasteiger partial charge in [-0.2, -0.15) is 0 Å². The molecule has 0 saturated heterocycles. The normalized spacial score (nSPS) is 10.0. The van der Waals surface area contributed by atoms with Crippen LogP contribution in [0.2, 0.25) is 0 Å². The molecule has 0 heterocycles. The van der Waals surface area contributed by atoms with E-state index in [4.69, 9.17) is 0 Å². The second-order valence-corrected chi connectivity index (χ2v) is 4.20. The monoisotopic (exact) mass is 276 g/mol. The third-order valence-electron chi connectivity index (χ3n) is 2.31. The molecule has 0 bridgehead atoms. The summed E-state index contributed by atoms with van der Waals surface area (Å²) in [7, 11) is 0. The van der Waals surface area contributed by atoms with E-state index in [9.17, 15) is 4.39 Å². The van der Waals surface area contributed by atoms with Crippen molar-refractivity contribution in [3.05, 3.63) is 66.5 Å². The van der Waals surface area contributed by atoms with Gasteiger partial charge < -0.3 is 0 Å². The lowest BCUT2D eigenvalue weighted by atomic mass is 10.1. The highest BCUT2D eigenvalue weighted by molar-refractivity contribution is 5.60. The van der Waals surface area contributed by atoms with Crippen molar-refractivity contribution >= 4 is 5.57 Å². The van der Waals surface area contributed by atoms with Crippen LogP contribution in [0.5, 0.6) is 0 Å². The Hall–Kier alpha value is -1.63. The minimum Gasteiger partial charge on any atom is -0.207 e. The van der Waals surface area contributed by atoms with Crippen molar-refractivity contribution in [1.29, 1.82) is 0 Å². The lowest BCUT2D eigenvalue weighted by molar-refractivity contribution is 0.627. The molecule has 0 fully saturated rings. The molecule has 0 atom stereocenters. The Balaban J connectivity index is 0. The SMILES string of the molecule is C/C=C\C(C)/C=C\C.C=C(C)c1cccc(F)c1.CC. The molecular formula is C19H29F. The maximum absolute atomic E-state index is 12.5. The Bertz CT molecular complexity index is 402. The van der Waals surface area contributed by atoms with Crippen LogP contribution in [0, 0.1) is 11.7 Å². The zero-order valence-electron chi connectivity index (χ0n) is 13.8. The van der Waals surface area contributed by atoms with Gasteiger partial charge in [0.15, 0.2) is 0 Å². The molecule has 0 spiro atoms. The van der Waals surface area contributed by atoms with Gasteiger partial charge in [0.2, 0.25) is 0 Å². The second-order valence-electron chi connectivity index (χ2n) is 4.20. The van der Waals surface area contributed by atoms with E-state index in [0.29, 0.717) is 5.92 Å². The molecule has 20 heavy (non-hydrogen) atoms. The highest BCUT2D eigenvalue weighted by atomic mass is 19.1. The van der Waals surface area contributed by atoms with E-state index in [-0.39, 0.29) is 5.82 Å². The summed E-state index contributed by atoms with van der Waals surface area (Å²) in [4.78, 5) is 0. The van der Waals surface area contributed by atoms with Crippen LogP contribution < -0.4 is 0 Å². The van der Waals surface area contributed by atoms with Gasteiger partial charge in [-0.25, -0.2) is 4.39 Å². The van der Waals surface area contributed by atoms with Crippen LogP contribution in [0.4, 0.5) is 4.39 Å². The largest absolute Gasteiger partial charge is 0.207 e. The number of hydrogen-bond acceptors (Lipinski definition) is 0. The van der Waals surface area contributed by atoms with Crippen molar-refractivity contribution in [2.45, 2.75) is 41.5 Å². The molecule has 0 amide bonds. The lowest BCUT2D eigenvalue weighted by Gasteiger charge is -1.96. The van der Waals surface area contributed by atoms with Gasteiger partial charge >= 0.3 is 0 Å². The predicted molar refractivity (Wildman–Crippen MR) is 91.2 cm³/mol. The molecule has 0 aromatic heterocycles. The number of hydrogen-bond donors (Lipinski definition) is 0. The Morgan fingerprint density at radius 1 is 1.15 bits per heavy atom. The van der Waals surface area contributed by atoms with Crippen molar-refractivity contribution in [2.75, 3.05) is 0 Å². The van der Waals surface area contributed by atoms with Gasteiger partial charge in [-0.05, 0) is 44.4 Å². The molecule has 1 heteroatoms. The Morgan fingerprint density at radius 2 is 1.65 bits per heavy atom. The van der Waals surface area contributed by atoms with Gasteiger partial charge in [0.1, 0.15) is 5.82 Å². The van der Waals surface area contributed by atoms with Gasteiger partial charge in [-0.15, -0.1) is 0 Å². The molecule has 0 aliphatic rings. The number of rotatable bonds is 3. The summed E-state index contributed by atoms with van der Waals surface area (Å²) >= 11 is 0. The minimum absolute atomic E-state index is 0.208. The molecule has 0 saturated carbocycles. The summed E-state index contributed by atoms with van der Waals surface area (Å²) in [5.74, 6) is 0.394. The summed E-state index contributed by atoms with van der Waals surface area (Å²) < 4.78 is 12.5. The van der Waals surface area contributed by atoms with Crippen LogP contribution in [0.3, 0.4) is 0 Å². The molecule has 0 aliphatic carbocycles. The van der Waals surface area contributed by atoms with Gasteiger partial charge in [0, 0.05) is 0 Å². The van der Waals surface area contributed by atoms with E-state index in [1.54, 1.807) is 6.07 Å². The van der Waals surface area contributed by atoms with Crippen LogP contribution in [0.1, 0.15) is 47.1 Å². The molecule has 112 valence electrons. The van der Waals surface area contributed by atoms with Crippen molar-refractivity contribution in [3.63, 3.8) is 0 Å². The first-order valence-electron chi connectivity index (χ1n) is 7.18. The van der Waals surface area contributed by atoms with Gasteiger partial charge in [0.05, 0.1) is 0 Å². The van der Waals surface area contributed by atoms with Gasteiger partial charge in [-0.3, -0.25) is 0 Å². The molecule has 1 aromatic rings. The molecule has 0 aliphatic heterocycles. The fraction of sp³-hybridized carbons (Fsp3) is 0.368. The Kier molecular flexibility index (Phi) is 14.3. The zero-order valence-corrected chi connectivity index (χ0v) is 13.8. The fourth-order valence-corrected chi connectivity index (χ4v) is 1.43. The van der Waals surface area contributed by atoms with Crippen LogP contribution in [-0.2, 0) is 0 Å². The van der Waals surface area contributed by atoms with E-state index in [1.165, 1.54) is 12.1 Å². The summed E-state index contributed by atoms with van der Waals surface area (Å²) in [5, 5.41) is 0. The van der Waals surface area contributed by atoms with Crippen molar-refractivity contribution in [1.82, 2.24) is 0 Å². The number of halogens is 1. The quantitative estimate of drug-likeness (QED) is 0.541. The summed E-state index contributed by atoms with van der Waals surface area (Å²) in [6.45, 7) is 15.8. The van der Waals surface area contributed by atoms with Gasteiger partial charge in [-0.1, -0.05) is 69.4 Å². The Morgan fingerprint density at radius 3 is 1.95 bits per heavy atom. The van der Waals surface area contributed by atoms with Crippen molar-refractivity contribution in [3.8, 4) is 0 Å².